The third kappa shape index (κ3) is 7.15. The number of nitrogens with one attached hydrogen (secondary N) is 2. The molecule has 1 aromatic carbocycles. The second-order valence-electron chi connectivity index (χ2n) is 14.9. The summed E-state index contributed by atoms with van der Waals surface area (Å²) in [6.07, 6.45) is 7.05. The van der Waals surface area contributed by atoms with E-state index in [4.69, 9.17) is 14.2 Å². The second-order valence-corrected chi connectivity index (χ2v) is 14.9. The summed E-state index contributed by atoms with van der Waals surface area (Å²) in [4.78, 5) is 54.3. The normalized spacial score (nSPS) is 35.7. The lowest BCUT2D eigenvalue weighted by atomic mass is 9.46. The van der Waals surface area contributed by atoms with Crippen LogP contribution in [0.25, 0.3) is 0 Å². The molecule has 2 heterocycles. The molecule has 4 aliphatic rings. The van der Waals surface area contributed by atoms with Crippen LogP contribution in [0.2, 0.25) is 0 Å². The SMILES string of the molecule is C/C1=C\[C@@H](C)C([C@@H](C)OC(=O)C(=O)NCCCCc2ccccc2)OC(=O)CCC2C=CC3C(C4[C@H]3[C@H](OC(=O)c3ccc[nH]3)[C@H](C)[C@H]4O)[C@]12O. The lowest BCUT2D eigenvalue weighted by Gasteiger charge is -2.61. The van der Waals surface area contributed by atoms with Crippen molar-refractivity contribution in [1.82, 2.24) is 10.3 Å². The number of aryl methyl sites for hydroxylation is 1. The van der Waals surface area contributed by atoms with E-state index in [-0.39, 0.29) is 36.0 Å². The molecular weight excluding hydrogens is 652 g/mol. The lowest BCUT2D eigenvalue weighted by Crippen LogP contribution is -2.64. The Labute approximate surface area is 298 Å². The first-order valence-corrected chi connectivity index (χ1v) is 18.3. The van der Waals surface area contributed by atoms with E-state index in [1.54, 1.807) is 25.3 Å². The summed E-state index contributed by atoms with van der Waals surface area (Å²) in [5.41, 5.74) is 0.821. The predicted octanol–water partition coefficient (Wildman–Crippen LogP) is 4.31. The molecule has 0 bridgehead atoms. The first-order chi connectivity index (χ1) is 24.4. The third-order valence-corrected chi connectivity index (χ3v) is 11.8. The van der Waals surface area contributed by atoms with Gasteiger partial charge in [-0.2, -0.15) is 0 Å². The molecule has 51 heavy (non-hydrogen) atoms. The molecule has 274 valence electrons. The number of aromatic nitrogens is 1. The number of aliphatic hydroxyl groups excluding tert-OH is 1. The number of rotatable bonds is 9. The average Bonchev–Trinajstić information content (AvgIpc) is 3.71. The van der Waals surface area contributed by atoms with E-state index >= 15 is 0 Å². The summed E-state index contributed by atoms with van der Waals surface area (Å²) in [6.45, 7) is 7.46. The van der Waals surface area contributed by atoms with Crippen LogP contribution in [-0.2, 0) is 35.0 Å². The molecule has 12 atom stereocenters. The molecule has 0 spiro atoms. The molecule has 1 amide bonds. The standard InChI is InChI=1S/C40H50N2O9/c1-22-21-23(2)40(48)27(15-17-28-31-32(33(28)40)34(44)24(3)36(31)51-38(46)29-14-10-20-41-29)16-18-30(43)50-35(22)25(4)49-39(47)37(45)42-19-9-8-13-26-11-6-5-7-12-26/h5-7,10-12,14-15,17,20-22,24-25,27-28,31-36,41,44,48H,8-9,13,16,18-19H2,1-4H3,(H,42,45)/b23-21+/t22-,24-,25-,27?,28?,31+,32?,33?,34-,35?,36-,40+/m1/s1. The Morgan fingerprint density at radius 3 is 2.57 bits per heavy atom. The lowest BCUT2D eigenvalue weighted by molar-refractivity contribution is -0.180. The Bertz CT molecular complexity index is 1640. The van der Waals surface area contributed by atoms with Gasteiger partial charge in [-0.3, -0.25) is 9.59 Å². The molecule has 2 aromatic rings. The number of amides is 1. The Hall–Kier alpha value is -4.22. The summed E-state index contributed by atoms with van der Waals surface area (Å²) in [7, 11) is 0. The van der Waals surface area contributed by atoms with Gasteiger partial charge in [0.1, 0.15) is 24.0 Å². The molecule has 11 heteroatoms. The number of carbonyl (C=O) groups excluding carboxylic acids is 4. The van der Waals surface area contributed by atoms with Crippen LogP contribution in [-0.4, -0.2) is 75.6 Å². The van der Waals surface area contributed by atoms with E-state index in [9.17, 15) is 29.4 Å². The molecule has 2 saturated carbocycles. The minimum Gasteiger partial charge on any atom is -0.458 e. The molecule has 3 aliphatic carbocycles. The maximum atomic E-state index is 13.2. The van der Waals surface area contributed by atoms with Crippen molar-refractivity contribution in [3.63, 3.8) is 0 Å². The van der Waals surface area contributed by atoms with Crippen molar-refractivity contribution in [3.05, 3.63) is 83.7 Å². The van der Waals surface area contributed by atoms with Gasteiger partial charge in [0.2, 0.25) is 0 Å². The van der Waals surface area contributed by atoms with Gasteiger partial charge in [-0.1, -0.05) is 62.4 Å². The Kier molecular flexibility index (Phi) is 10.9. The van der Waals surface area contributed by atoms with Crippen LogP contribution in [0.5, 0.6) is 0 Å². The Morgan fingerprint density at radius 1 is 1.08 bits per heavy atom. The number of aliphatic hydroxyl groups is 2. The highest BCUT2D eigenvalue weighted by molar-refractivity contribution is 6.32. The minimum atomic E-state index is -1.39. The molecular formula is C40H50N2O9. The largest absolute Gasteiger partial charge is 0.458 e. The van der Waals surface area contributed by atoms with Crippen molar-refractivity contribution in [2.75, 3.05) is 6.54 Å². The number of hydrogen-bond acceptors (Lipinski definition) is 9. The summed E-state index contributed by atoms with van der Waals surface area (Å²) < 4.78 is 17.4. The highest BCUT2D eigenvalue weighted by Crippen LogP contribution is 2.66. The summed E-state index contributed by atoms with van der Waals surface area (Å²) in [5, 5.41) is 26.9. The Morgan fingerprint density at radius 2 is 1.84 bits per heavy atom. The van der Waals surface area contributed by atoms with Gasteiger partial charge < -0.3 is 34.7 Å². The molecule has 0 saturated heterocycles. The van der Waals surface area contributed by atoms with Crippen LogP contribution < -0.4 is 5.32 Å². The number of allylic oxidation sites excluding steroid dienone is 1. The highest BCUT2D eigenvalue weighted by atomic mass is 16.6. The van der Waals surface area contributed by atoms with E-state index in [0.717, 1.165) is 12.8 Å². The Balaban J connectivity index is 1.12. The number of H-pyrrole nitrogens is 1. The van der Waals surface area contributed by atoms with Crippen LogP contribution in [0, 0.1) is 41.4 Å². The zero-order valence-electron chi connectivity index (χ0n) is 29.7. The summed E-state index contributed by atoms with van der Waals surface area (Å²) >= 11 is 0. The number of aromatic amines is 1. The van der Waals surface area contributed by atoms with Crippen LogP contribution in [0.4, 0.5) is 0 Å². The second kappa shape index (κ2) is 15.2. The fraction of sp³-hybridized carbons (Fsp3) is 0.550. The molecule has 4 N–H and O–H groups in total. The van der Waals surface area contributed by atoms with Gasteiger partial charge >= 0.3 is 23.8 Å². The maximum absolute atomic E-state index is 13.2. The molecule has 5 unspecified atom stereocenters. The van der Waals surface area contributed by atoms with E-state index in [1.807, 2.05) is 63.3 Å². The first kappa shape index (κ1) is 36.6. The van der Waals surface area contributed by atoms with Gasteiger partial charge in [-0.15, -0.1) is 0 Å². The average molecular weight is 703 g/mol. The topological polar surface area (TPSA) is 164 Å². The van der Waals surface area contributed by atoms with Gasteiger partial charge in [-0.25, -0.2) is 9.59 Å². The highest BCUT2D eigenvalue weighted by Gasteiger charge is 2.70. The number of ether oxygens (including phenoxy) is 3. The number of hydrogen-bond donors (Lipinski definition) is 4. The number of benzene rings is 1. The molecule has 0 radical (unpaired) electrons. The summed E-state index contributed by atoms with van der Waals surface area (Å²) in [5.74, 6) is -5.17. The molecule has 1 aromatic heterocycles. The van der Waals surface area contributed by atoms with Gasteiger partial charge in [-0.05, 0) is 74.6 Å². The smallest absolute Gasteiger partial charge is 0.397 e. The number of cyclic esters (lactones) is 1. The van der Waals surface area contributed by atoms with Crippen LogP contribution >= 0.6 is 0 Å². The van der Waals surface area contributed by atoms with Gasteiger partial charge in [0.15, 0.2) is 0 Å². The number of unbranched alkanes of at least 4 members (excludes halogenated alkanes) is 1. The zero-order valence-corrected chi connectivity index (χ0v) is 29.7. The molecule has 6 rings (SSSR count). The van der Waals surface area contributed by atoms with Crippen molar-refractivity contribution in [1.29, 1.82) is 0 Å². The van der Waals surface area contributed by atoms with Crippen molar-refractivity contribution in [2.45, 2.75) is 89.8 Å². The number of esters is 3. The van der Waals surface area contributed by atoms with Crippen molar-refractivity contribution < 1.29 is 43.6 Å². The van der Waals surface area contributed by atoms with E-state index in [1.165, 1.54) is 5.56 Å². The third-order valence-electron chi connectivity index (χ3n) is 11.8. The predicted molar refractivity (Wildman–Crippen MR) is 187 cm³/mol. The molecule has 1 aliphatic heterocycles. The first-order valence-electron chi connectivity index (χ1n) is 18.3. The minimum absolute atomic E-state index is 0.0127. The van der Waals surface area contributed by atoms with Crippen LogP contribution in [0.1, 0.15) is 69.4 Å². The molecule has 11 nitrogen and oxygen atoms in total. The summed E-state index contributed by atoms with van der Waals surface area (Å²) in [6, 6.07) is 13.4. The van der Waals surface area contributed by atoms with E-state index in [0.29, 0.717) is 30.7 Å². The van der Waals surface area contributed by atoms with Crippen molar-refractivity contribution in [2.24, 2.45) is 41.4 Å². The van der Waals surface area contributed by atoms with Crippen LogP contribution in [0.15, 0.2) is 72.5 Å². The fourth-order valence-corrected chi connectivity index (χ4v) is 9.21. The van der Waals surface area contributed by atoms with Gasteiger partial charge in [0.05, 0.1) is 11.7 Å². The maximum Gasteiger partial charge on any atom is 0.397 e. The zero-order chi connectivity index (χ0) is 36.4. The van der Waals surface area contributed by atoms with E-state index < -0.39 is 65.7 Å². The monoisotopic (exact) mass is 702 g/mol. The van der Waals surface area contributed by atoms with Gasteiger partial charge in [0.25, 0.3) is 0 Å². The van der Waals surface area contributed by atoms with Crippen molar-refractivity contribution in [3.8, 4) is 0 Å². The number of carbonyl (C=O) groups is 4. The fourth-order valence-electron chi connectivity index (χ4n) is 9.21. The number of fused-ring (bicyclic) bond motifs is 6. The van der Waals surface area contributed by atoms with Crippen LogP contribution in [0.3, 0.4) is 0 Å². The quantitative estimate of drug-likeness (QED) is 0.0981. The molecule has 2 fully saturated rings. The van der Waals surface area contributed by atoms with Crippen molar-refractivity contribution >= 4 is 23.8 Å². The van der Waals surface area contributed by atoms with E-state index in [2.05, 4.69) is 16.4 Å². The van der Waals surface area contributed by atoms with Gasteiger partial charge in [0, 0.05) is 48.8 Å².